The minimum absolute atomic E-state index is 0.158. The summed E-state index contributed by atoms with van der Waals surface area (Å²) in [6, 6.07) is 13.3. The number of nitrogens with one attached hydrogen (secondary N) is 1. The normalized spacial score (nSPS) is 10.5. The Kier molecular flexibility index (Phi) is 4.42. The van der Waals surface area contributed by atoms with Crippen LogP contribution in [0.15, 0.2) is 65.5 Å². The third kappa shape index (κ3) is 3.79. The molecule has 6 nitrogen and oxygen atoms in total. The van der Waals surface area contributed by atoms with E-state index in [9.17, 15) is 4.79 Å². The highest BCUT2D eigenvalue weighted by Crippen LogP contribution is 2.08. The molecule has 0 aliphatic heterocycles. The Hall–Kier alpha value is -3.02. The van der Waals surface area contributed by atoms with Gasteiger partial charge in [0.05, 0.1) is 24.7 Å². The summed E-state index contributed by atoms with van der Waals surface area (Å²) in [4.78, 5) is 13.6. The van der Waals surface area contributed by atoms with Gasteiger partial charge in [-0.25, -0.2) is 9.48 Å². The molecule has 0 bridgehead atoms. The molecule has 0 saturated heterocycles. The fraction of sp³-hybridized carbons (Fsp3) is 0.176. The first-order valence-electron chi connectivity index (χ1n) is 7.33. The Bertz CT molecular complexity index is 750. The lowest BCUT2D eigenvalue weighted by Gasteiger charge is -2.16. The number of aromatic nitrogens is 2. The van der Waals surface area contributed by atoms with Gasteiger partial charge >= 0.3 is 6.03 Å². The highest BCUT2D eigenvalue weighted by molar-refractivity contribution is 5.73. The number of rotatable bonds is 5. The Labute approximate surface area is 134 Å². The maximum atomic E-state index is 12.1. The second-order valence-electron chi connectivity index (χ2n) is 5.22. The second kappa shape index (κ2) is 6.83. The number of para-hydroxylation sites is 1. The lowest BCUT2D eigenvalue weighted by atomic mass is 10.3. The van der Waals surface area contributed by atoms with Gasteiger partial charge in [-0.3, -0.25) is 0 Å². The number of nitrogens with zero attached hydrogens (tertiary/aromatic N) is 3. The molecule has 0 spiro atoms. The van der Waals surface area contributed by atoms with Crippen LogP contribution in [0.25, 0.3) is 5.69 Å². The maximum Gasteiger partial charge on any atom is 0.317 e. The third-order valence-corrected chi connectivity index (χ3v) is 3.42. The van der Waals surface area contributed by atoms with E-state index < -0.39 is 0 Å². The molecule has 2 aromatic heterocycles. The van der Waals surface area contributed by atoms with Gasteiger partial charge in [0, 0.05) is 25.4 Å². The van der Waals surface area contributed by atoms with E-state index in [1.54, 1.807) is 35.2 Å². The molecule has 0 saturated carbocycles. The van der Waals surface area contributed by atoms with Gasteiger partial charge < -0.3 is 14.6 Å². The van der Waals surface area contributed by atoms with Crippen molar-refractivity contribution in [2.24, 2.45) is 0 Å². The first-order valence-corrected chi connectivity index (χ1v) is 7.33. The summed E-state index contributed by atoms with van der Waals surface area (Å²) in [7, 11) is 1.73. The highest BCUT2D eigenvalue weighted by Gasteiger charge is 2.10. The van der Waals surface area contributed by atoms with Crippen molar-refractivity contribution in [3.05, 3.63) is 72.4 Å². The topological polar surface area (TPSA) is 63.3 Å². The fourth-order valence-corrected chi connectivity index (χ4v) is 2.19. The van der Waals surface area contributed by atoms with Crippen molar-refractivity contribution in [1.82, 2.24) is 20.0 Å². The monoisotopic (exact) mass is 310 g/mol. The van der Waals surface area contributed by atoms with Gasteiger partial charge in [-0.15, -0.1) is 0 Å². The molecular formula is C17H18N4O2. The number of furan rings is 1. The number of amides is 2. The van der Waals surface area contributed by atoms with E-state index >= 15 is 0 Å². The molecule has 0 radical (unpaired) electrons. The lowest BCUT2D eigenvalue weighted by Crippen LogP contribution is -2.36. The van der Waals surface area contributed by atoms with Gasteiger partial charge in [0.15, 0.2) is 0 Å². The Morgan fingerprint density at radius 3 is 2.83 bits per heavy atom. The van der Waals surface area contributed by atoms with Crippen LogP contribution in [0.4, 0.5) is 4.79 Å². The summed E-state index contributed by atoms with van der Waals surface area (Å²) >= 11 is 0. The molecule has 3 rings (SSSR count). The molecule has 118 valence electrons. The molecule has 2 amide bonds. The van der Waals surface area contributed by atoms with E-state index in [4.69, 9.17) is 4.42 Å². The predicted molar refractivity (Wildman–Crippen MR) is 86.0 cm³/mol. The Balaban J connectivity index is 1.54. The number of benzene rings is 1. The molecule has 1 N–H and O–H groups in total. The molecule has 23 heavy (non-hydrogen) atoms. The van der Waals surface area contributed by atoms with Crippen LogP contribution in [0, 0.1) is 0 Å². The quantitative estimate of drug-likeness (QED) is 0.788. The first kappa shape index (κ1) is 14.9. The molecule has 0 atom stereocenters. The van der Waals surface area contributed by atoms with Crippen LogP contribution in [0.1, 0.15) is 11.3 Å². The molecule has 2 heterocycles. The molecule has 0 aliphatic carbocycles. The van der Waals surface area contributed by atoms with E-state index in [0.29, 0.717) is 13.1 Å². The summed E-state index contributed by atoms with van der Waals surface area (Å²) in [5.41, 5.74) is 1.92. The Morgan fingerprint density at radius 2 is 2.09 bits per heavy atom. The summed E-state index contributed by atoms with van der Waals surface area (Å²) in [6.45, 7) is 0.857. The van der Waals surface area contributed by atoms with E-state index in [-0.39, 0.29) is 6.03 Å². The summed E-state index contributed by atoms with van der Waals surface area (Å²) in [5, 5.41) is 7.17. The van der Waals surface area contributed by atoms with Gasteiger partial charge in [0.2, 0.25) is 0 Å². The van der Waals surface area contributed by atoms with Crippen LogP contribution in [0.3, 0.4) is 0 Å². The van der Waals surface area contributed by atoms with Crippen LogP contribution in [0.2, 0.25) is 0 Å². The number of carbonyl (C=O) groups is 1. The zero-order chi connectivity index (χ0) is 16.1. The molecule has 6 heteroatoms. The number of urea groups is 1. The summed E-state index contributed by atoms with van der Waals surface area (Å²) in [5.74, 6) is 0.750. The van der Waals surface area contributed by atoms with Crippen molar-refractivity contribution in [3.8, 4) is 5.69 Å². The van der Waals surface area contributed by atoms with Gasteiger partial charge in [0.1, 0.15) is 5.76 Å². The molecule has 1 aromatic carbocycles. The number of carbonyl (C=O) groups excluding carboxylic acids is 1. The number of hydrogen-bond acceptors (Lipinski definition) is 3. The van der Waals surface area contributed by atoms with Crippen molar-refractivity contribution in [1.29, 1.82) is 0 Å². The van der Waals surface area contributed by atoms with Crippen molar-refractivity contribution in [2.45, 2.75) is 13.1 Å². The molecular weight excluding hydrogens is 292 g/mol. The first-order chi connectivity index (χ1) is 11.2. The average Bonchev–Trinajstić information content (AvgIpc) is 3.25. The highest BCUT2D eigenvalue weighted by atomic mass is 16.3. The van der Waals surface area contributed by atoms with Crippen LogP contribution >= 0.6 is 0 Å². The van der Waals surface area contributed by atoms with Crippen molar-refractivity contribution in [3.63, 3.8) is 0 Å². The third-order valence-electron chi connectivity index (χ3n) is 3.42. The van der Waals surface area contributed by atoms with Crippen molar-refractivity contribution >= 4 is 6.03 Å². The van der Waals surface area contributed by atoms with E-state index in [1.165, 1.54) is 0 Å². The largest absolute Gasteiger partial charge is 0.467 e. The standard InChI is InChI=1S/C17H18N4O2/c1-20(13-16-8-5-9-23-16)17(22)18-10-14-11-19-21(12-14)15-6-3-2-4-7-15/h2-9,11-12H,10,13H2,1H3,(H,18,22). The zero-order valence-corrected chi connectivity index (χ0v) is 12.8. The predicted octanol–water partition coefficient (Wildman–Crippen LogP) is 2.81. The minimum Gasteiger partial charge on any atom is -0.467 e. The molecule has 0 fully saturated rings. The summed E-state index contributed by atoms with van der Waals surface area (Å²) in [6.07, 6.45) is 5.25. The zero-order valence-electron chi connectivity index (χ0n) is 12.8. The maximum absolute atomic E-state index is 12.1. The average molecular weight is 310 g/mol. The SMILES string of the molecule is CN(Cc1ccco1)C(=O)NCc1cnn(-c2ccccc2)c1. The number of hydrogen-bond donors (Lipinski definition) is 1. The van der Waals surface area contributed by atoms with Gasteiger partial charge in [-0.05, 0) is 24.3 Å². The van der Waals surface area contributed by atoms with Crippen molar-refractivity contribution < 1.29 is 9.21 Å². The fourth-order valence-electron chi connectivity index (χ4n) is 2.19. The van der Waals surface area contributed by atoms with Gasteiger partial charge in [-0.1, -0.05) is 18.2 Å². The summed E-state index contributed by atoms with van der Waals surface area (Å²) < 4.78 is 7.02. The Morgan fingerprint density at radius 1 is 1.26 bits per heavy atom. The van der Waals surface area contributed by atoms with Crippen LogP contribution in [-0.2, 0) is 13.1 Å². The van der Waals surface area contributed by atoms with E-state index in [2.05, 4.69) is 10.4 Å². The van der Waals surface area contributed by atoms with Crippen molar-refractivity contribution in [2.75, 3.05) is 7.05 Å². The van der Waals surface area contributed by atoms with Crippen LogP contribution in [-0.4, -0.2) is 27.8 Å². The minimum atomic E-state index is -0.158. The molecule has 3 aromatic rings. The van der Waals surface area contributed by atoms with Crippen LogP contribution in [0.5, 0.6) is 0 Å². The molecule has 0 unspecified atom stereocenters. The van der Waals surface area contributed by atoms with E-state index in [0.717, 1.165) is 17.0 Å². The lowest BCUT2D eigenvalue weighted by molar-refractivity contribution is 0.202. The van der Waals surface area contributed by atoms with E-state index in [1.807, 2.05) is 42.6 Å². The van der Waals surface area contributed by atoms with Gasteiger partial charge in [0.25, 0.3) is 0 Å². The smallest absolute Gasteiger partial charge is 0.317 e. The van der Waals surface area contributed by atoms with Gasteiger partial charge in [-0.2, -0.15) is 5.10 Å². The molecule has 0 aliphatic rings. The second-order valence-corrected chi connectivity index (χ2v) is 5.22. The van der Waals surface area contributed by atoms with Crippen LogP contribution < -0.4 is 5.32 Å².